The lowest BCUT2D eigenvalue weighted by Gasteiger charge is -2.10. The standard InChI is InChI=1S/C16H18N2O2/c1-11-7-8-13(9-14(11)17)18-16(19)10-20-15-6-4-3-5-12(15)2/h3-9H,10,17H2,1-2H3,(H,18,19). The number of para-hydroxylation sites is 1. The second-order valence-corrected chi connectivity index (χ2v) is 4.67. The normalized spacial score (nSPS) is 10.1. The molecule has 0 aliphatic heterocycles. The molecule has 0 radical (unpaired) electrons. The number of ether oxygens (including phenoxy) is 1. The van der Waals surface area contributed by atoms with Gasteiger partial charge in [0.1, 0.15) is 5.75 Å². The van der Waals surface area contributed by atoms with Gasteiger partial charge < -0.3 is 15.8 Å². The average Bonchev–Trinajstić information content (AvgIpc) is 2.42. The molecule has 2 rings (SSSR count). The zero-order chi connectivity index (χ0) is 14.5. The SMILES string of the molecule is Cc1ccc(NC(=O)COc2ccccc2C)cc1N. The molecule has 3 N–H and O–H groups in total. The number of carbonyl (C=O) groups excluding carboxylic acids is 1. The van der Waals surface area contributed by atoms with Crippen LogP contribution in [0.25, 0.3) is 0 Å². The number of rotatable bonds is 4. The van der Waals surface area contributed by atoms with E-state index < -0.39 is 0 Å². The van der Waals surface area contributed by atoms with E-state index in [0.717, 1.165) is 11.1 Å². The van der Waals surface area contributed by atoms with Gasteiger partial charge in [0.05, 0.1) is 0 Å². The van der Waals surface area contributed by atoms with Crippen LogP contribution in [0, 0.1) is 13.8 Å². The third kappa shape index (κ3) is 3.51. The summed E-state index contributed by atoms with van der Waals surface area (Å²) in [5.74, 6) is 0.502. The van der Waals surface area contributed by atoms with Gasteiger partial charge in [0.25, 0.3) is 5.91 Å². The first-order chi connectivity index (χ1) is 9.56. The molecule has 0 unspecified atom stereocenters. The molecule has 2 aromatic carbocycles. The molecule has 1 amide bonds. The van der Waals surface area contributed by atoms with Gasteiger partial charge in [-0.15, -0.1) is 0 Å². The minimum atomic E-state index is -0.212. The fraction of sp³-hybridized carbons (Fsp3) is 0.188. The predicted octanol–water partition coefficient (Wildman–Crippen LogP) is 2.90. The van der Waals surface area contributed by atoms with Crippen LogP contribution in [0.2, 0.25) is 0 Å². The highest BCUT2D eigenvalue weighted by Crippen LogP contribution is 2.18. The Kier molecular flexibility index (Phi) is 4.25. The lowest BCUT2D eigenvalue weighted by atomic mass is 10.2. The smallest absolute Gasteiger partial charge is 0.262 e. The molecular weight excluding hydrogens is 252 g/mol. The Hall–Kier alpha value is -2.49. The average molecular weight is 270 g/mol. The van der Waals surface area contributed by atoms with E-state index in [4.69, 9.17) is 10.5 Å². The van der Waals surface area contributed by atoms with Gasteiger partial charge in [0, 0.05) is 11.4 Å². The van der Waals surface area contributed by atoms with Crippen molar-refractivity contribution in [3.05, 3.63) is 53.6 Å². The van der Waals surface area contributed by atoms with Crippen LogP contribution in [0.5, 0.6) is 5.75 Å². The van der Waals surface area contributed by atoms with Gasteiger partial charge in [-0.1, -0.05) is 24.3 Å². The van der Waals surface area contributed by atoms with Gasteiger partial charge in [-0.05, 0) is 43.2 Å². The highest BCUT2D eigenvalue weighted by atomic mass is 16.5. The molecule has 0 saturated carbocycles. The van der Waals surface area contributed by atoms with Crippen LogP contribution in [0.15, 0.2) is 42.5 Å². The summed E-state index contributed by atoms with van der Waals surface area (Å²) in [7, 11) is 0. The second kappa shape index (κ2) is 6.10. The van der Waals surface area contributed by atoms with Gasteiger partial charge in [-0.3, -0.25) is 4.79 Å². The van der Waals surface area contributed by atoms with E-state index in [-0.39, 0.29) is 12.5 Å². The summed E-state index contributed by atoms with van der Waals surface area (Å²) in [6.07, 6.45) is 0. The Balaban J connectivity index is 1.93. The molecule has 0 fully saturated rings. The third-order valence-electron chi connectivity index (χ3n) is 3.02. The zero-order valence-electron chi connectivity index (χ0n) is 11.6. The maximum absolute atomic E-state index is 11.8. The van der Waals surface area contributed by atoms with E-state index in [1.54, 1.807) is 6.07 Å². The van der Waals surface area contributed by atoms with Crippen molar-refractivity contribution in [3.8, 4) is 5.75 Å². The van der Waals surface area contributed by atoms with Gasteiger partial charge >= 0.3 is 0 Å². The molecule has 0 aliphatic rings. The Morgan fingerprint density at radius 1 is 1.15 bits per heavy atom. The largest absolute Gasteiger partial charge is 0.483 e. The lowest BCUT2D eigenvalue weighted by molar-refractivity contribution is -0.118. The molecule has 0 aromatic heterocycles. The van der Waals surface area contributed by atoms with Crippen LogP contribution >= 0.6 is 0 Å². The summed E-state index contributed by atoms with van der Waals surface area (Å²) in [4.78, 5) is 11.8. The summed E-state index contributed by atoms with van der Waals surface area (Å²) in [5.41, 5.74) is 9.11. The zero-order valence-corrected chi connectivity index (χ0v) is 11.6. The van der Waals surface area contributed by atoms with Crippen molar-refractivity contribution >= 4 is 17.3 Å². The van der Waals surface area contributed by atoms with Crippen LogP contribution < -0.4 is 15.8 Å². The van der Waals surface area contributed by atoms with E-state index in [1.807, 2.05) is 50.2 Å². The van der Waals surface area contributed by atoms with Gasteiger partial charge in [0.15, 0.2) is 6.61 Å². The van der Waals surface area contributed by atoms with Crippen molar-refractivity contribution in [1.82, 2.24) is 0 Å². The number of amides is 1. The summed E-state index contributed by atoms with van der Waals surface area (Å²) in [6, 6.07) is 13.0. The number of nitrogens with two attached hydrogens (primary N) is 1. The van der Waals surface area contributed by atoms with Crippen LogP contribution in [-0.4, -0.2) is 12.5 Å². The summed E-state index contributed by atoms with van der Waals surface area (Å²) in [5, 5.41) is 2.76. The Labute approximate surface area is 118 Å². The van der Waals surface area contributed by atoms with Crippen molar-refractivity contribution in [3.63, 3.8) is 0 Å². The lowest BCUT2D eigenvalue weighted by Crippen LogP contribution is -2.20. The molecule has 2 aromatic rings. The highest BCUT2D eigenvalue weighted by molar-refractivity contribution is 5.92. The van der Waals surface area contributed by atoms with Crippen LogP contribution in [0.1, 0.15) is 11.1 Å². The molecule has 104 valence electrons. The number of anilines is 2. The van der Waals surface area contributed by atoms with Crippen LogP contribution in [0.3, 0.4) is 0 Å². The molecule has 20 heavy (non-hydrogen) atoms. The molecule has 0 atom stereocenters. The fourth-order valence-electron chi connectivity index (χ4n) is 1.78. The Bertz CT molecular complexity index is 624. The Morgan fingerprint density at radius 3 is 2.60 bits per heavy atom. The molecule has 0 bridgehead atoms. The number of hydrogen-bond acceptors (Lipinski definition) is 3. The number of nitrogens with one attached hydrogen (secondary N) is 1. The van der Waals surface area contributed by atoms with Gasteiger partial charge in [-0.25, -0.2) is 0 Å². The first-order valence-electron chi connectivity index (χ1n) is 6.40. The molecule has 4 heteroatoms. The number of benzene rings is 2. The molecule has 0 spiro atoms. The van der Waals surface area contributed by atoms with E-state index >= 15 is 0 Å². The predicted molar refractivity (Wildman–Crippen MR) is 80.9 cm³/mol. The maximum Gasteiger partial charge on any atom is 0.262 e. The van der Waals surface area contributed by atoms with Gasteiger partial charge in [0.2, 0.25) is 0 Å². The molecular formula is C16H18N2O2. The quantitative estimate of drug-likeness (QED) is 0.840. The topological polar surface area (TPSA) is 64.3 Å². The maximum atomic E-state index is 11.8. The number of carbonyl (C=O) groups is 1. The highest BCUT2D eigenvalue weighted by Gasteiger charge is 2.06. The van der Waals surface area contributed by atoms with Crippen LogP contribution in [-0.2, 0) is 4.79 Å². The second-order valence-electron chi connectivity index (χ2n) is 4.67. The van der Waals surface area contributed by atoms with Crippen molar-refractivity contribution in [2.45, 2.75) is 13.8 Å². The van der Waals surface area contributed by atoms with E-state index in [2.05, 4.69) is 5.32 Å². The first kappa shape index (κ1) is 13.9. The monoisotopic (exact) mass is 270 g/mol. The van der Waals surface area contributed by atoms with E-state index in [0.29, 0.717) is 17.1 Å². The first-order valence-corrected chi connectivity index (χ1v) is 6.40. The van der Waals surface area contributed by atoms with E-state index in [9.17, 15) is 4.79 Å². The molecule has 0 aliphatic carbocycles. The minimum absolute atomic E-state index is 0.0291. The third-order valence-corrected chi connectivity index (χ3v) is 3.02. The van der Waals surface area contributed by atoms with Crippen molar-refractivity contribution in [1.29, 1.82) is 0 Å². The number of aryl methyl sites for hydroxylation is 2. The summed E-state index contributed by atoms with van der Waals surface area (Å²) >= 11 is 0. The number of nitrogen functional groups attached to an aromatic ring is 1. The summed E-state index contributed by atoms with van der Waals surface area (Å²) in [6.45, 7) is 3.83. The molecule has 0 heterocycles. The Morgan fingerprint density at radius 2 is 1.90 bits per heavy atom. The molecule has 4 nitrogen and oxygen atoms in total. The van der Waals surface area contributed by atoms with E-state index in [1.165, 1.54) is 0 Å². The van der Waals surface area contributed by atoms with Gasteiger partial charge in [-0.2, -0.15) is 0 Å². The fourth-order valence-corrected chi connectivity index (χ4v) is 1.78. The minimum Gasteiger partial charge on any atom is -0.483 e. The molecule has 0 saturated heterocycles. The van der Waals surface area contributed by atoms with Crippen molar-refractivity contribution in [2.24, 2.45) is 0 Å². The van der Waals surface area contributed by atoms with Crippen LogP contribution in [0.4, 0.5) is 11.4 Å². The summed E-state index contributed by atoms with van der Waals surface area (Å²) < 4.78 is 5.48. The van der Waals surface area contributed by atoms with Crippen molar-refractivity contribution < 1.29 is 9.53 Å². The number of hydrogen-bond donors (Lipinski definition) is 2. The van der Waals surface area contributed by atoms with Crippen molar-refractivity contribution in [2.75, 3.05) is 17.7 Å².